The first-order valence-electron chi connectivity index (χ1n) is 9.12. The molecule has 7 nitrogen and oxygen atoms in total. The fourth-order valence-corrected chi connectivity index (χ4v) is 3.31. The smallest absolute Gasteiger partial charge is 0.284 e. The molecule has 0 aromatic heterocycles. The number of fused-ring (bicyclic) bond motifs is 2. The van der Waals surface area contributed by atoms with Crippen LogP contribution >= 0.6 is 0 Å². The summed E-state index contributed by atoms with van der Waals surface area (Å²) < 4.78 is 6.86. The minimum atomic E-state index is -0.581. The van der Waals surface area contributed by atoms with Gasteiger partial charge in [-0.15, -0.1) is 5.10 Å². The number of phenolic OH excluding ortho intramolecular Hbond substituents is 1. The number of carbonyl (C=O) groups is 1. The fraction of sp³-hybridized carbons (Fsp3) is 0.190. The van der Waals surface area contributed by atoms with Crippen LogP contribution in [0.3, 0.4) is 0 Å². The molecule has 0 radical (unpaired) electrons. The molecule has 0 saturated carbocycles. The van der Waals surface area contributed by atoms with Crippen LogP contribution in [0.25, 0.3) is 22.4 Å². The van der Waals surface area contributed by atoms with Crippen LogP contribution in [0, 0.1) is 5.41 Å². The standard InChI is InChI=1S/C21H20N4O3/c1-3-24(4-2)14-10-9-13-11-16-19(22)25(23-20(16)28-18(13)12-14)21(27)15-7-5-6-8-17(15)26/h5-12,22,26H,3-4H2,1-2H3. The molecule has 0 atom stereocenters. The second kappa shape index (κ2) is 6.84. The molecule has 2 aromatic rings. The molecule has 2 aromatic carbocycles. The zero-order chi connectivity index (χ0) is 19.8. The molecule has 2 aliphatic heterocycles. The van der Waals surface area contributed by atoms with Crippen LogP contribution in [0.5, 0.6) is 5.75 Å². The lowest BCUT2D eigenvalue weighted by molar-refractivity contribution is 0.0937. The fourth-order valence-electron chi connectivity index (χ4n) is 3.31. The molecule has 7 heteroatoms. The Morgan fingerprint density at radius 3 is 2.64 bits per heavy atom. The van der Waals surface area contributed by atoms with Gasteiger partial charge >= 0.3 is 0 Å². The topological polar surface area (TPSA) is 95.4 Å². The predicted molar refractivity (Wildman–Crippen MR) is 106 cm³/mol. The minimum absolute atomic E-state index is 0.0807. The maximum atomic E-state index is 12.7. The van der Waals surface area contributed by atoms with Gasteiger partial charge in [-0.1, -0.05) is 12.1 Å². The summed E-state index contributed by atoms with van der Waals surface area (Å²) >= 11 is 0. The Labute approximate surface area is 161 Å². The van der Waals surface area contributed by atoms with Crippen molar-refractivity contribution in [3.63, 3.8) is 0 Å². The van der Waals surface area contributed by atoms with Crippen molar-refractivity contribution in [2.24, 2.45) is 0 Å². The van der Waals surface area contributed by atoms with E-state index in [-0.39, 0.29) is 22.7 Å². The van der Waals surface area contributed by atoms with E-state index in [0.717, 1.165) is 28.8 Å². The van der Waals surface area contributed by atoms with Crippen LogP contribution in [0.1, 0.15) is 24.2 Å². The number of rotatable bonds is 4. The van der Waals surface area contributed by atoms with Crippen molar-refractivity contribution in [2.75, 3.05) is 18.0 Å². The summed E-state index contributed by atoms with van der Waals surface area (Å²) in [5.41, 5.74) is 2.11. The van der Waals surface area contributed by atoms with Gasteiger partial charge < -0.3 is 14.4 Å². The molecule has 4 rings (SSSR count). The second-order valence-corrected chi connectivity index (χ2v) is 6.44. The number of anilines is 1. The number of benzene rings is 2. The number of carbonyl (C=O) groups excluding carboxylic acids is 1. The van der Waals surface area contributed by atoms with Gasteiger partial charge in [0.25, 0.3) is 5.91 Å². The third-order valence-corrected chi connectivity index (χ3v) is 4.85. The van der Waals surface area contributed by atoms with E-state index in [2.05, 4.69) is 23.8 Å². The number of nitrogens with zero attached hydrogens (tertiary/aromatic N) is 3. The minimum Gasteiger partial charge on any atom is -0.507 e. The summed E-state index contributed by atoms with van der Waals surface area (Å²) in [6, 6.07) is 13.9. The molecule has 2 N–H and O–H groups in total. The molecule has 0 bridgehead atoms. The van der Waals surface area contributed by atoms with Crippen LogP contribution in [-0.2, 0) is 0 Å². The molecular formula is C21H20N4O3. The van der Waals surface area contributed by atoms with E-state index in [1.807, 2.05) is 18.2 Å². The summed E-state index contributed by atoms with van der Waals surface area (Å²) in [5, 5.41) is 23.3. The van der Waals surface area contributed by atoms with Crippen LogP contribution < -0.4 is 10.4 Å². The van der Waals surface area contributed by atoms with Gasteiger partial charge in [-0.3, -0.25) is 10.2 Å². The van der Waals surface area contributed by atoms with Crippen molar-refractivity contribution in [2.45, 2.75) is 13.8 Å². The largest absolute Gasteiger partial charge is 0.507 e. The number of hydrogen-bond acceptors (Lipinski definition) is 6. The van der Waals surface area contributed by atoms with Gasteiger partial charge in [-0.05, 0) is 44.2 Å². The molecule has 0 fully saturated rings. The molecule has 0 unspecified atom stereocenters. The number of para-hydroxylation sites is 1. The molecule has 0 amide bonds. The van der Waals surface area contributed by atoms with Crippen molar-refractivity contribution in [3.8, 4) is 17.2 Å². The van der Waals surface area contributed by atoms with Gasteiger partial charge in [0.2, 0.25) is 5.89 Å². The Balaban J connectivity index is 1.85. The predicted octanol–water partition coefficient (Wildman–Crippen LogP) is 3.45. The number of aromatic hydroxyl groups is 1. The molecule has 0 spiro atoms. The summed E-state index contributed by atoms with van der Waals surface area (Å²) in [6.07, 6.45) is 0. The average Bonchev–Trinajstić information content (AvgIpc) is 3.03. The van der Waals surface area contributed by atoms with E-state index < -0.39 is 5.91 Å². The van der Waals surface area contributed by atoms with Gasteiger partial charge in [0.1, 0.15) is 11.3 Å². The van der Waals surface area contributed by atoms with E-state index in [0.29, 0.717) is 11.1 Å². The zero-order valence-electron chi connectivity index (χ0n) is 15.6. The third-order valence-electron chi connectivity index (χ3n) is 4.85. The maximum absolute atomic E-state index is 12.7. The van der Waals surface area contributed by atoms with Gasteiger partial charge in [0, 0.05) is 30.2 Å². The number of phenols is 1. The van der Waals surface area contributed by atoms with E-state index in [9.17, 15) is 9.90 Å². The van der Waals surface area contributed by atoms with Gasteiger partial charge in [0.05, 0.1) is 11.1 Å². The molecule has 0 aliphatic carbocycles. The zero-order valence-corrected chi connectivity index (χ0v) is 15.6. The molecule has 0 saturated heterocycles. The summed E-state index contributed by atoms with van der Waals surface area (Å²) in [4.78, 5) is 14.9. The Morgan fingerprint density at radius 2 is 1.93 bits per heavy atom. The van der Waals surface area contributed by atoms with Crippen LogP contribution in [-0.4, -0.2) is 33.9 Å². The molecule has 2 heterocycles. The highest BCUT2D eigenvalue weighted by atomic mass is 16.3. The molecule has 28 heavy (non-hydrogen) atoms. The lowest BCUT2D eigenvalue weighted by Gasteiger charge is -2.21. The first-order chi connectivity index (χ1) is 13.5. The van der Waals surface area contributed by atoms with Crippen molar-refractivity contribution >= 4 is 22.6 Å². The van der Waals surface area contributed by atoms with E-state index >= 15 is 0 Å². The highest BCUT2D eigenvalue weighted by Crippen LogP contribution is 2.28. The normalized spacial score (nSPS) is 11.2. The maximum Gasteiger partial charge on any atom is 0.284 e. The summed E-state index contributed by atoms with van der Waals surface area (Å²) in [6.45, 7) is 5.94. The Morgan fingerprint density at radius 1 is 1.18 bits per heavy atom. The van der Waals surface area contributed by atoms with Crippen LogP contribution in [0.2, 0.25) is 0 Å². The van der Waals surface area contributed by atoms with Crippen molar-refractivity contribution in [1.29, 1.82) is 5.41 Å². The first kappa shape index (κ1) is 17.8. The van der Waals surface area contributed by atoms with Crippen LogP contribution in [0.15, 0.2) is 52.9 Å². The van der Waals surface area contributed by atoms with Crippen molar-refractivity contribution in [3.05, 3.63) is 59.6 Å². The summed E-state index contributed by atoms with van der Waals surface area (Å²) in [5.74, 6) is -0.530. The van der Waals surface area contributed by atoms with Crippen molar-refractivity contribution < 1.29 is 14.3 Å². The van der Waals surface area contributed by atoms with Gasteiger partial charge in [0.15, 0.2) is 5.49 Å². The Hall–Kier alpha value is -3.61. The number of nitrogens with one attached hydrogen (secondary N) is 1. The van der Waals surface area contributed by atoms with E-state index in [1.165, 1.54) is 12.1 Å². The molecule has 142 valence electrons. The number of hydrogen-bond donors (Lipinski definition) is 2. The van der Waals surface area contributed by atoms with Crippen LogP contribution in [0.4, 0.5) is 5.69 Å². The van der Waals surface area contributed by atoms with E-state index in [1.54, 1.807) is 18.2 Å². The van der Waals surface area contributed by atoms with Crippen molar-refractivity contribution in [1.82, 2.24) is 9.78 Å². The average molecular weight is 376 g/mol. The highest BCUT2D eigenvalue weighted by molar-refractivity contribution is 5.98. The van der Waals surface area contributed by atoms with E-state index in [4.69, 9.17) is 9.83 Å². The monoisotopic (exact) mass is 376 g/mol. The van der Waals surface area contributed by atoms with Gasteiger partial charge in [-0.25, -0.2) is 0 Å². The molecular weight excluding hydrogens is 356 g/mol. The summed E-state index contributed by atoms with van der Waals surface area (Å²) in [7, 11) is 0. The highest BCUT2D eigenvalue weighted by Gasteiger charge is 2.22. The van der Waals surface area contributed by atoms with Gasteiger partial charge in [-0.2, -0.15) is 4.68 Å². The quantitative estimate of drug-likeness (QED) is 0.569. The molecule has 2 aliphatic rings. The lowest BCUT2D eigenvalue weighted by Crippen LogP contribution is -2.25. The first-order valence-corrected chi connectivity index (χ1v) is 9.12. The SMILES string of the molecule is CCN(CC)c1ccc2cc3c(=N)n(C(=O)c4ccccc4O)nc-3oc2c1. The Bertz CT molecular complexity index is 1200. The second-order valence-electron chi connectivity index (χ2n) is 6.44. The number of aromatic nitrogens is 2. The third kappa shape index (κ3) is 2.81. The Kier molecular flexibility index (Phi) is 4.35. The lowest BCUT2D eigenvalue weighted by atomic mass is 10.1.